The number of rotatable bonds is 5. The van der Waals surface area contributed by atoms with Gasteiger partial charge in [0.2, 0.25) is 5.91 Å². The van der Waals surface area contributed by atoms with Gasteiger partial charge in [0, 0.05) is 23.2 Å². The Bertz CT molecular complexity index is 1020. The lowest BCUT2D eigenvalue weighted by atomic mass is 10.1. The average molecular weight is 359 g/mol. The molecule has 136 valence electrons. The normalized spacial score (nSPS) is 10.9. The molecule has 0 aliphatic carbocycles. The van der Waals surface area contributed by atoms with Crippen molar-refractivity contribution in [3.63, 3.8) is 0 Å². The first kappa shape index (κ1) is 18.2. The van der Waals surface area contributed by atoms with Gasteiger partial charge in [0.15, 0.2) is 0 Å². The molecule has 3 rings (SSSR count). The van der Waals surface area contributed by atoms with Gasteiger partial charge in [-0.2, -0.15) is 0 Å². The number of benzene rings is 2. The van der Waals surface area contributed by atoms with Crippen LogP contribution in [0.4, 0.5) is 5.69 Å². The van der Waals surface area contributed by atoms with Crippen LogP contribution in [0.25, 0.3) is 11.8 Å². The van der Waals surface area contributed by atoms with E-state index in [0.717, 1.165) is 22.6 Å². The minimum absolute atomic E-state index is 0.279. The van der Waals surface area contributed by atoms with Crippen LogP contribution in [-0.2, 0) is 4.79 Å². The second-order valence-corrected chi connectivity index (χ2v) is 6.23. The number of aromatic nitrogens is 1. The van der Waals surface area contributed by atoms with Gasteiger partial charge < -0.3 is 15.6 Å². The molecule has 3 aromatic rings. The molecule has 0 aliphatic rings. The summed E-state index contributed by atoms with van der Waals surface area (Å²) in [5.74, 6) is -0.908. The van der Waals surface area contributed by atoms with E-state index < -0.39 is 5.91 Å². The number of nitrogens with two attached hydrogens (primary N) is 1. The highest BCUT2D eigenvalue weighted by Crippen LogP contribution is 2.22. The second-order valence-electron chi connectivity index (χ2n) is 6.23. The molecule has 0 spiro atoms. The number of hydrogen-bond acceptors (Lipinski definition) is 2. The van der Waals surface area contributed by atoms with Crippen LogP contribution >= 0.6 is 0 Å². The second kappa shape index (κ2) is 7.74. The van der Waals surface area contributed by atoms with Crippen molar-refractivity contribution in [2.75, 3.05) is 5.32 Å². The standard InChI is InChI=1S/C22H21N3O2/c1-15-14-17(16(2)25(15)18-8-4-3-5-9-18)12-13-21(26)24-20-11-7-6-10-19(20)22(23)27/h3-14H,1-2H3,(H2,23,27)(H,24,26)/b13-12+. The maximum Gasteiger partial charge on any atom is 0.250 e. The monoisotopic (exact) mass is 359 g/mol. The van der Waals surface area contributed by atoms with Gasteiger partial charge in [-0.15, -0.1) is 0 Å². The fraction of sp³-hybridized carbons (Fsp3) is 0.0909. The number of para-hydroxylation sites is 2. The molecule has 2 amide bonds. The summed E-state index contributed by atoms with van der Waals surface area (Å²) in [6.45, 7) is 4.04. The van der Waals surface area contributed by atoms with Gasteiger partial charge in [-0.25, -0.2) is 0 Å². The summed E-state index contributed by atoms with van der Waals surface area (Å²) in [6.07, 6.45) is 3.22. The minimum Gasteiger partial charge on any atom is -0.366 e. The van der Waals surface area contributed by atoms with Crippen LogP contribution in [0.15, 0.2) is 66.7 Å². The molecular formula is C22H21N3O2. The number of aryl methyl sites for hydroxylation is 1. The number of hydrogen-bond donors (Lipinski definition) is 2. The molecule has 5 heteroatoms. The zero-order chi connectivity index (χ0) is 19.4. The number of primary amides is 1. The summed E-state index contributed by atoms with van der Waals surface area (Å²) in [6, 6.07) is 18.7. The lowest BCUT2D eigenvalue weighted by Gasteiger charge is -2.09. The van der Waals surface area contributed by atoms with Gasteiger partial charge in [-0.1, -0.05) is 30.3 Å². The molecule has 27 heavy (non-hydrogen) atoms. The van der Waals surface area contributed by atoms with Gasteiger partial charge in [0.25, 0.3) is 5.91 Å². The molecule has 2 aromatic carbocycles. The van der Waals surface area contributed by atoms with Crippen molar-refractivity contribution in [3.8, 4) is 5.69 Å². The van der Waals surface area contributed by atoms with Crippen molar-refractivity contribution in [2.24, 2.45) is 5.73 Å². The van der Waals surface area contributed by atoms with Crippen molar-refractivity contribution in [1.29, 1.82) is 0 Å². The number of anilines is 1. The first-order valence-corrected chi connectivity index (χ1v) is 8.59. The molecule has 0 fully saturated rings. The fourth-order valence-electron chi connectivity index (χ4n) is 3.08. The highest BCUT2D eigenvalue weighted by Gasteiger charge is 2.10. The molecule has 1 aromatic heterocycles. The summed E-state index contributed by atoms with van der Waals surface area (Å²) in [7, 11) is 0. The van der Waals surface area contributed by atoms with Crippen molar-refractivity contribution >= 4 is 23.6 Å². The van der Waals surface area contributed by atoms with Gasteiger partial charge in [-0.3, -0.25) is 9.59 Å². The first-order valence-electron chi connectivity index (χ1n) is 8.59. The number of carbonyl (C=O) groups is 2. The van der Waals surface area contributed by atoms with Crippen LogP contribution in [0.3, 0.4) is 0 Å². The Balaban J connectivity index is 1.81. The molecule has 0 saturated carbocycles. The van der Waals surface area contributed by atoms with Crippen LogP contribution in [0, 0.1) is 13.8 Å². The van der Waals surface area contributed by atoms with Gasteiger partial charge in [0.1, 0.15) is 0 Å². The van der Waals surface area contributed by atoms with E-state index in [0.29, 0.717) is 5.69 Å². The molecule has 3 N–H and O–H groups in total. The molecule has 0 radical (unpaired) electrons. The predicted molar refractivity (Wildman–Crippen MR) is 108 cm³/mol. The molecule has 0 aliphatic heterocycles. The lowest BCUT2D eigenvalue weighted by Crippen LogP contribution is -2.16. The SMILES string of the molecule is Cc1cc(/C=C/C(=O)Nc2ccccc2C(N)=O)c(C)n1-c1ccccc1. The van der Waals surface area contributed by atoms with Gasteiger partial charge in [-0.05, 0) is 55.8 Å². The molecular weight excluding hydrogens is 338 g/mol. The average Bonchev–Trinajstić information content (AvgIpc) is 2.94. The van der Waals surface area contributed by atoms with Crippen molar-refractivity contribution in [3.05, 3.63) is 89.3 Å². The Morgan fingerprint density at radius 2 is 1.67 bits per heavy atom. The Kier molecular flexibility index (Phi) is 5.22. The van der Waals surface area contributed by atoms with E-state index in [-0.39, 0.29) is 11.5 Å². The van der Waals surface area contributed by atoms with E-state index in [1.54, 1.807) is 30.3 Å². The Morgan fingerprint density at radius 3 is 2.37 bits per heavy atom. The third-order valence-corrected chi connectivity index (χ3v) is 4.35. The van der Waals surface area contributed by atoms with Crippen molar-refractivity contribution in [2.45, 2.75) is 13.8 Å². The number of nitrogens with one attached hydrogen (secondary N) is 1. The van der Waals surface area contributed by atoms with Crippen LogP contribution in [0.1, 0.15) is 27.3 Å². The van der Waals surface area contributed by atoms with Crippen LogP contribution < -0.4 is 11.1 Å². The summed E-state index contributed by atoms with van der Waals surface area (Å²) < 4.78 is 2.14. The summed E-state index contributed by atoms with van der Waals surface area (Å²) in [5.41, 5.74) is 10.2. The van der Waals surface area contributed by atoms with Crippen LogP contribution in [0.5, 0.6) is 0 Å². The zero-order valence-corrected chi connectivity index (χ0v) is 15.3. The quantitative estimate of drug-likeness (QED) is 0.679. The van der Waals surface area contributed by atoms with Crippen molar-refractivity contribution in [1.82, 2.24) is 4.57 Å². The van der Waals surface area contributed by atoms with Gasteiger partial charge in [0.05, 0.1) is 11.3 Å². The van der Waals surface area contributed by atoms with E-state index in [9.17, 15) is 9.59 Å². The summed E-state index contributed by atoms with van der Waals surface area (Å²) in [5, 5.41) is 2.70. The van der Waals surface area contributed by atoms with E-state index in [2.05, 4.69) is 9.88 Å². The largest absolute Gasteiger partial charge is 0.366 e. The van der Waals surface area contributed by atoms with E-state index >= 15 is 0 Å². The Hall–Kier alpha value is -3.60. The maximum atomic E-state index is 12.3. The lowest BCUT2D eigenvalue weighted by molar-refractivity contribution is -0.111. The number of carbonyl (C=O) groups excluding carboxylic acids is 2. The van der Waals surface area contributed by atoms with Crippen molar-refractivity contribution < 1.29 is 9.59 Å². The Labute approximate surface area is 158 Å². The topological polar surface area (TPSA) is 77.1 Å². The molecule has 5 nitrogen and oxygen atoms in total. The number of nitrogens with zero attached hydrogens (tertiary/aromatic N) is 1. The van der Waals surface area contributed by atoms with Crippen LogP contribution in [0.2, 0.25) is 0 Å². The molecule has 0 saturated heterocycles. The fourth-order valence-corrected chi connectivity index (χ4v) is 3.08. The zero-order valence-electron chi connectivity index (χ0n) is 15.3. The van der Waals surface area contributed by atoms with E-state index in [1.165, 1.54) is 6.08 Å². The maximum absolute atomic E-state index is 12.3. The summed E-state index contributed by atoms with van der Waals surface area (Å²) in [4.78, 5) is 23.7. The summed E-state index contributed by atoms with van der Waals surface area (Å²) >= 11 is 0. The first-order chi connectivity index (χ1) is 13.0. The molecule has 0 atom stereocenters. The van der Waals surface area contributed by atoms with Crippen LogP contribution in [-0.4, -0.2) is 16.4 Å². The van der Waals surface area contributed by atoms with E-state index in [4.69, 9.17) is 5.73 Å². The predicted octanol–water partition coefficient (Wildman–Crippen LogP) is 3.84. The molecule has 0 unspecified atom stereocenters. The van der Waals surface area contributed by atoms with Gasteiger partial charge >= 0.3 is 0 Å². The third kappa shape index (κ3) is 3.98. The van der Waals surface area contributed by atoms with E-state index in [1.807, 2.05) is 50.2 Å². The Morgan fingerprint density at radius 1 is 1.00 bits per heavy atom. The third-order valence-electron chi connectivity index (χ3n) is 4.35. The highest BCUT2D eigenvalue weighted by atomic mass is 16.2. The molecule has 0 bridgehead atoms. The minimum atomic E-state index is -0.582. The smallest absolute Gasteiger partial charge is 0.250 e. The molecule has 1 heterocycles. The highest BCUT2D eigenvalue weighted by molar-refractivity contribution is 6.07. The number of amides is 2.